The van der Waals surface area contributed by atoms with E-state index in [0.717, 1.165) is 16.8 Å². The molecule has 170 valence electrons. The Morgan fingerprint density at radius 2 is 1.97 bits per heavy atom. The predicted molar refractivity (Wildman–Crippen MR) is 125 cm³/mol. The summed E-state index contributed by atoms with van der Waals surface area (Å²) in [6, 6.07) is 17.0. The summed E-state index contributed by atoms with van der Waals surface area (Å²) >= 11 is 0. The van der Waals surface area contributed by atoms with Crippen molar-refractivity contribution in [3.05, 3.63) is 88.6 Å². The summed E-state index contributed by atoms with van der Waals surface area (Å²) in [5.41, 5.74) is 3.34. The molecule has 1 saturated heterocycles. The summed E-state index contributed by atoms with van der Waals surface area (Å²) in [5.74, 6) is -0.350. The van der Waals surface area contributed by atoms with Crippen LogP contribution in [0.4, 0.5) is 0 Å². The Balaban J connectivity index is 1.59. The third-order valence-electron chi connectivity index (χ3n) is 6.99. The first kappa shape index (κ1) is 21.6. The monoisotopic (exact) mass is 444 g/mol. The van der Waals surface area contributed by atoms with Crippen molar-refractivity contribution in [2.24, 2.45) is 11.8 Å². The molecule has 2 aliphatic heterocycles. The number of hydrogen-bond donors (Lipinski definition) is 2. The molecule has 1 fully saturated rings. The van der Waals surface area contributed by atoms with E-state index >= 15 is 0 Å². The van der Waals surface area contributed by atoms with Crippen molar-refractivity contribution >= 4 is 5.91 Å². The maximum atomic E-state index is 13.4. The topological polar surface area (TPSA) is 87.5 Å². The Kier molecular flexibility index (Phi) is 5.83. The summed E-state index contributed by atoms with van der Waals surface area (Å²) in [6.07, 6.45) is 3.39. The van der Waals surface area contributed by atoms with Crippen molar-refractivity contribution < 1.29 is 9.90 Å². The summed E-state index contributed by atoms with van der Waals surface area (Å²) in [5, 5.41) is 13.3. The molecule has 0 radical (unpaired) electrons. The SMILES string of the molecule is CCNC(=O)[C@H]1[C@H](CO)[C@H]2Cn3c(ccc(-c4cccnc4)c3=O)[C@H]2N1Cc1ccccc1. The van der Waals surface area contributed by atoms with Gasteiger partial charge in [-0.25, -0.2) is 0 Å². The molecule has 4 atom stereocenters. The number of aliphatic hydroxyl groups is 1. The highest BCUT2D eigenvalue weighted by Gasteiger charge is 2.55. The van der Waals surface area contributed by atoms with Crippen molar-refractivity contribution in [1.29, 1.82) is 0 Å². The molecule has 7 heteroatoms. The zero-order valence-electron chi connectivity index (χ0n) is 18.6. The van der Waals surface area contributed by atoms with Crippen LogP contribution >= 0.6 is 0 Å². The van der Waals surface area contributed by atoms with Crippen molar-refractivity contribution in [3.63, 3.8) is 0 Å². The van der Waals surface area contributed by atoms with Crippen LogP contribution in [-0.4, -0.2) is 44.7 Å². The first-order chi connectivity index (χ1) is 16.1. The fourth-order valence-corrected chi connectivity index (χ4v) is 5.60. The van der Waals surface area contributed by atoms with Gasteiger partial charge in [0.25, 0.3) is 5.56 Å². The second kappa shape index (κ2) is 8.92. The average Bonchev–Trinajstić information content (AvgIpc) is 3.36. The van der Waals surface area contributed by atoms with Crippen LogP contribution in [0.3, 0.4) is 0 Å². The van der Waals surface area contributed by atoms with Crippen LogP contribution in [0.15, 0.2) is 71.8 Å². The average molecular weight is 445 g/mol. The molecule has 33 heavy (non-hydrogen) atoms. The number of aromatic nitrogens is 2. The van der Waals surface area contributed by atoms with Crippen LogP contribution in [0, 0.1) is 11.8 Å². The molecule has 3 aromatic rings. The minimum Gasteiger partial charge on any atom is -0.396 e. The third-order valence-corrected chi connectivity index (χ3v) is 6.99. The number of likely N-dealkylation sites (N-methyl/N-ethyl adjacent to an activating group) is 1. The molecule has 1 aromatic carbocycles. The first-order valence-corrected chi connectivity index (χ1v) is 11.5. The number of nitrogens with one attached hydrogen (secondary N) is 1. The number of likely N-dealkylation sites (tertiary alicyclic amines) is 1. The molecule has 5 rings (SSSR count). The van der Waals surface area contributed by atoms with Gasteiger partial charge in [-0.05, 0) is 30.7 Å². The Bertz CT molecular complexity index is 1200. The lowest BCUT2D eigenvalue weighted by molar-refractivity contribution is -0.127. The van der Waals surface area contributed by atoms with Gasteiger partial charge < -0.3 is 15.0 Å². The quantitative estimate of drug-likeness (QED) is 0.609. The highest BCUT2D eigenvalue weighted by Crippen LogP contribution is 2.49. The van der Waals surface area contributed by atoms with Gasteiger partial charge in [0.05, 0.1) is 12.1 Å². The van der Waals surface area contributed by atoms with Gasteiger partial charge in [0, 0.05) is 67.3 Å². The van der Waals surface area contributed by atoms with Crippen LogP contribution in [-0.2, 0) is 17.9 Å². The molecular formula is C26H28N4O3. The van der Waals surface area contributed by atoms with E-state index < -0.39 is 6.04 Å². The standard InChI is InChI=1S/C26H28N4O3/c1-2-28-25(32)24-21(16-31)20-15-29-22(23(20)30(24)14-17-7-4-3-5-8-17)11-10-19(26(29)33)18-9-6-12-27-13-18/h3-13,20-21,23-24,31H,2,14-16H2,1H3,(H,28,32)/t20-,21-,23+,24-/m1/s1. The van der Waals surface area contributed by atoms with E-state index in [-0.39, 0.29) is 36.0 Å². The lowest BCUT2D eigenvalue weighted by atomic mass is 9.88. The summed E-state index contributed by atoms with van der Waals surface area (Å²) < 4.78 is 1.83. The van der Waals surface area contributed by atoms with Gasteiger partial charge in [-0.3, -0.25) is 19.5 Å². The number of hydrogen-bond acceptors (Lipinski definition) is 5. The molecule has 0 unspecified atom stereocenters. The van der Waals surface area contributed by atoms with Crippen LogP contribution < -0.4 is 10.9 Å². The molecule has 0 spiro atoms. The van der Waals surface area contributed by atoms with Gasteiger partial charge in [0.2, 0.25) is 5.91 Å². The summed E-state index contributed by atoms with van der Waals surface area (Å²) in [7, 11) is 0. The van der Waals surface area contributed by atoms with E-state index in [1.54, 1.807) is 12.4 Å². The molecule has 2 N–H and O–H groups in total. The second-order valence-corrected chi connectivity index (χ2v) is 8.78. The van der Waals surface area contributed by atoms with Gasteiger partial charge in [0.1, 0.15) is 0 Å². The number of fused-ring (bicyclic) bond motifs is 3. The van der Waals surface area contributed by atoms with E-state index in [4.69, 9.17) is 0 Å². The molecule has 4 heterocycles. The normalized spacial score (nSPS) is 23.8. The Labute approximate surface area is 192 Å². The number of aliphatic hydroxyl groups excluding tert-OH is 1. The van der Waals surface area contributed by atoms with Crippen LogP contribution in [0.5, 0.6) is 0 Å². The fraction of sp³-hybridized carbons (Fsp3) is 0.346. The molecule has 7 nitrogen and oxygen atoms in total. The Morgan fingerprint density at radius 1 is 1.15 bits per heavy atom. The second-order valence-electron chi connectivity index (χ2n) is 8.78. The maximum Gasteiger partial charge on any atom is 0.258 e. The minimum absolute atomic E-state index is 0.0248. The largest absolute Gasteiger partial charge is 0.396 e. The molecule has 0 aliphatic carbocycles. The minimum atomic E-state index is -0.452. The number of rotatable bonds is 6. The third kappa shape index (κ3) is 3.67. The van der Waals surface area contributed by atoms with Crippen molar-refractivity contribution in [2.45, 2.75) is 32.1 Å². The zero-order chi connectivity index (χ0) is 22.9. The van der Waals surface area contributed by atoms with Gasteiger partial charge >= 0.3 is 0 Å². The van der Waals surface area contributed by atoms with Crippen LogP contribution in [0.1, 0.15) is 24.2 Å². The van der Waals surface area contributed by atoms with Crippen LogP contribution in [0.25, 0.3) is 11.1 Å². The highest BCUT2D eigenvalue weighted by atomic mass is 16.3. The molecule has 2 aliphatic rings. The van der Waals surface area contributed by atoms with E-state index in [1.807, 2.05) is 66.1 Å². The highest BCUT2D eigenvalue weighted by molar-refractivity contribution is 5.82. The maximum absolute atomic E-state index is 13.4. The molecule has 0 bridgehead atoms. The molecular weight excluding hydrogens is 416 g/mol. The van der Waals surface area contributed by atoms with E-state index in [1.165, 1.54) is 0 Å². The number of pyridine rings is 2. The number of amides is 1. The number of carbonyl (C=O) groups is 1. The molecule has 0 saturated carbocycles. The van der Waals surface area contributed by atoms with Crippen molar-refractivity contribution in [3.8, 4) is 11.1 Å². The van der Waals surface area contributed by atoms with Gasteiger partial charge in [-0.1, -0.05) is 36.4 Å². The van der Waals surface area contributed by atoms with Gasteiger partial charge in [-0.2, -0.15) is 0 Å². The Hall–Kier alpha value is -3.29. The van der Waals surface area contributed by atoms with E-state index in [2.05, 4.69) is 15.2 Å². The fourth-order valence-electron chi connectivity index (χ4n) is 5.60. The van der Waals surface area contributed by atoms with Gasteiger partial charge in [-0.15, -0.1) is 0 Å². The van der Waals surface area contributed by atoms with Crippen molar-refractivity contribution in [1.82, 2.24) is 19.8 Å². The zero-order valence-corrected chi connectivity index (χ0v) is 18.6. The summed E-state index contributed by atoms with van der Waals surface area (Å²) in [4.78, 5) is 32.9. The molecule has 2 aromatic heterocycles. The lowest BCUT2D eigenvalue weighted by Gasteiger charge is -2.30. The number of carbonyl (C=O) groups excluding carboxylic acids is 1. The Morgan fingerprint density at radius 3 is 2.67 bits per heavy atom. The summed E-state index contributed by atoms with van der Waals surface area (Å²) in [6.45, 7) is 3.38. The van der Waals surface area contributed by atoms with E-state index in [0.29, 0.717) is 25.2 Å². The molecule has 1 amide bonds. The van der Waals surface area contributed by atoms with Crippen molar-refractivity contribution in [2.75, 3.05) is 13.2 Å². The first-order valence-electron chi connectivity index (χ1n) is 11.5. The van der Waals surface area contributed by atoms with Crippen LogP contribution in [0.2, 0.25) is 0 Å². The lowest BCUT2D eigenvalue weighted by Crippen LogP contribution is -2.48. The van der Waals surface area contributed by atoms with E-state index in [9.17, 15) is 14.7 Å². The smallest absolute Gasteiger partial charge is 0.258 e. The predicted octanol–water partition coefficient (Wildman–Crippen LogP) is 2.21. The number of benzene rings is 1. The van der Waals surface area contributed by atoms with Gasteiger partial charge in [0.15, 0.2) is 0 Å². The number of nitrogens with zero attached hydrogens (tertiary/aromatic N) is 3.